The van der Waals surface area contributed by atoms with Crippen LogP contribution in [-0.2, 0) is 4.74 Å². The Balaban J connectivity index is 1.71. The lowest BCUT2D eigenvalue weighted by atomic mass is 9.99. The van der Waals surface area contributed by atoms with Crippen LogP contribution in [0, 0.1) is 5.92 Å². The molecule has 1 aliphatic heterocycles. The number of hydrogen-bond donors (Lipinski definition) is 0. The molecule has 0 bridgehead atoms. The summed E-state index contributed by atoms with van der Waals surface area (Å²) in [6.07, 6.45) is 3.77. The number of carbonyl (C=O) groups excluding carboxylic acids is 1. The van der Waals surface area contributed by atoms with E-state index in [4.69, 9.17) is 4.74 Å². The fourth-order valence-electron chi connectivity index (χ4n) is 2.08. The first-order valence-electron chi connectivity index (χ1n) is 6.94. The lowest BCUT2D eigenvalue weighted by Crippen LogP contribution is -2.42. The van der Waals surface area contributed by atoms with Crippen LogP contribution < -0.4 is 0 Å². The van der Waals surface area contributed by atoms with Crippen molar-refractivity contribution in [3.05, 3.63) is 11.6 Å². The number of carbonyl (C=O) groups is 1. The monoisotopic (exact) mass is 314 g/mol. The smallest absolute Gasteiger partial charge is 0.410 e. The molecular formula is C14H22N2O2S2. The molecule has 1 fully saturated rings. The van der Waals surface area contributed by atoms with Crippen molar-refractivity contribution in [1.82, 2.24) is 9.88 Å². The van der Waals surface area contributed by atoms with Gasteiger partial charge in [0, 0.05) is 30.4 Å². The Labute approximate surface area is 128 Å². The van der Waals surface area contributed by atoms with E-state index >= 15 is 0 Å². The van der Waals surface area contributed by atoms with Crippen molar-refractivity contribution < 1.29 is 9.53 Å². The van der Waals surface area contributed by atoms with Crippen molar-refractivity contribution in [2.45, 2.75) is 43.6 Å². The number of aromatic nitrogens is 1. The van der Waals surface area contributed by atoms with E-state index in [1.54, 1.807) is 11.3 Å². The van der Waals surface area contributed by atoms with Gasteiger partial charge in [0.2, 0.25) is 0 Å². The van der Waals surface area contributed by atoms with Crippen LogP contribution >= 0.6 is 23.1 Å². The lowest BCUT2D eigenvalue weighted by Gasteiger charge is -2.33. The highest BCUT2D eigenvalue weighted by molar-refractivity contribution is 8.01. The summed E-state index contributed by atoms with van der Waals surface area (Å²) in [5.41, 5.74) is -0.408. The van der Waals surface area contributed by atoms with Crippen molar-refractivity contribution in [1.29, 1.82) is 0 Å². The Morgan fingerprint density at radius 2 is 2.20 bits per heavy atom. The highest BCUT2D eigenvalue weighted by Crippen LogP contribution is 2.28. The largest absolute Gasteiger partial charge is 0.444 e. The zero-order valence-corrected chi connectivity index (χ0v) is 13.9. The van der Waals surface area contributed by atoms with Crippen LogP contribution in [-0.4, -0.2) is 40.4 Å². The normalized spacial score (nSPS) is 17.2. The number of rotatable bonds is 3. The third-order valence-corrected chi connectivity index (χ3v) is 5.32. The Hall–Kier alpha value is -0.750. The summed E-state index contributed by atoms with van der Waals surface area (Å²) < 4.78 is 6.54. The van der Waals surface area contributed by atoms with Crippen molar-refractivity contribution >= 4 is 29.2 Å². The topological polar surface area (TPSA) is 42.4 Å². The standard InChI is InChI=1S/C14H22N2O2S2/c1-14(2,3)18-13(17)16-7-4-11(5-8-16)10-20-12-15-6-9-19-12/h6,9,11H,4-5,7-8,10H2,1-3H3. The SMILES string of the molecule is CC(C)(C)OC(=O)N1CCC(CSc2nccs2)CC1. The minimum Gasteiger partial charge on any atom is -0.444 e. The number of amides is 1. The quantitative estimate of drug-likeness (QED) is 0.794. The van der Waals surface area contributed by atoms with Gasteiger partial charge in [-0.15, -0.1) is 11.3 Å². The van der Waals surface area contributed by atoms with Gasteiger partial charge < -0.3 is 9.64 Å². The van der Waals surface area contributed by atoms with Gasteiger partial charge in [-0.1, -0.05) is 11.8 Å². The van der Waals surface area contributed by atoms with E-state index in [2.05, 4.69) is 4.98 Å². The van der Waals surface area contributed by atoms with E-state index in [9.17, 15) is 4.79 Å². The summed E-state index contributed by atoms with van der Waals surface area (Å²) in [5.74, 6) is 1.76. The number of ether oxygens (including phenoxy) is 1. The molecule has 112 valence electrons. The summed E-state index contributed by atoms with van der Waals surface area (Å²) in [6.45, 7) is 7.32. The maximum absolute atomic E-state index is 12.0. The Bertz CT molecular complexity index is 421. The van der Waals surface area contributed by atoms with Crippen LogP contribution in [0.1, 0.15) is 33.6 Å². The van der Waals surface area contributed by atoms with Crippen LogP contribution in [0.3, 0.4) is 0 Å². The predicted molar refractivity (Wildman–Crippen MR) is 83.4 cm³/mol. The lowest BCUT2D eigenvalue weighted by molar-refractivity contribution is 0.0191. The van der Waals surface area contributed by atoms with Crippen molar-refractivity contribution in [2.24, 2.45) is 5.92 Å². The van der Waals surface area contributed by atoms with Gasteiger partial charge in [0.05, 0.1) is 0 Å². The second-order valence-corrected chi connectivity index (χ2v) is 8.18. The molecule has 1 aromatic heterocycles. The highest BCUT2D eigenvalue weighted by atomic mass is 32.2. The van der Waals surface area contributed by atoms with Gasteiger partial charge in [-0.2, -0.15) is 0 Å². The maximum Gasteiger partial charge on any atom is 0.410 e. The first-order chi connectivity index (χ1) is 9.44. The van der Waals surface area contributed by atoms with Gasteiger partial charge >= 0.3 is 6.09 Å². The van der Waals surface area contributed by atoms with E-state index in [0.717, 1.165) is 36.0 Å². The van der Waals surface area contributed by atoms with E-state index in [1.165, 1.54) is 0 Å². The molecule has 1 aromatic rings. The number of thioether (sulfide) groups is 1. The summed E-state index contributed by atoms with van der Waals surface area (Å²) in [5, 5.41) is 2.01. The first-order valence-corrected chi connectivity index (χ1v) is 8.81. The summed E-state index contributed by atoms with van der Waals surface area (Å²) >= 11 is 3.52. The van der Waals surface area contributed by atoms with Gasteiger partial charge in [-0.3, -0.25) is 0 Å². The van der Waals surface area contributed by atoms with Crippen LogP contribution in [0.4, 0.5) is 4.79 Å². The van der Waals surface area contributed by atoms with Gasteiger partial charge in [0.15, 0.2) is 0 Å². The number of likely N-dealkylation sites (tertiary alicyclic amines) is 1. The average molecular weight is 314 g/mol. The molecule has 2 heterocycles. The van der Waals surface area contributed by atoms with Gasteiger partial charge in [-0.25, -0.2) is 9.78 Å². The van der Waals surface area contributed by atoms with Crippen molar-refractivity contribution in [2.75, 3.05) is 18.8 Å². The van der Waals surface area contributed by atoms with E-state index in [0.29, 0.717) is 5.92 Å². The zero-order chi connectivity index (χ0) is 14.6. The van der Waals surface area contributed by atoms with Gasteiger partial charge in [0.25, 0.3) is 0 Å². The van der Waals surface area contributed by atoms with Crippen LogP contribution in [0.5, 0.6) is 0 Å². The fraction of sp³-hybridized carbons (Fsp3) is 0.714. The van der Waals surface area contributed by atoms with Crippen molar-refractivity contribution in [3.8, 4) is 0 Å². The third kappa shape index (κ3) is 4.98. The fourth-order valence-corrected chi connectivity index (χ4v) is 3.93. The molecule has 2 rings (SSSR count). The number of thiazole rings is 1. The minimum absolute atomic E-state index is 0.177. The maximum atomic E-state index is 12.0. The Kier molecular flexibility index (Phi) is 5.32. The molecule has 1 aliphatic rings. The molecule has 0 aliphatic carbocycles. The minimum atomic E-state index is -0.408. The molecule has 1 saturated heterocycles. The highest BCUT2D eigenvalue weighted by Gasteiger charge is 2.26. The van der Waals surface area contributed by atoms with E-state index < -0.39 is 5.60 Å². The molecule has 4 nitrogen and oxygen atoms in total. The molecule has 0 N–H and O–H groups in total. The van der Waals surface area contributed by atoms with Crippen LogP contribution in [0.15, 0.2) is 15.9 Å². The molecule has 0 aromatic carbocycles. The van der Waals surface area contributed by atoms with E-state index in [1.807, 2.05) is 49.0 Å². The summed E-state index contributed by atoms with van der Waals surface area (Å²) in [7, 11) is 0. The molecule has 0 atom stereocenters. The number of nitrogens with zero attached hydrogens (tertiary/aromatic N) is 2. The molecule has 0 unspecified atom stereocenters. The first kappa shape index (κ1) is 15.6. The second-order valence-electron chi connectivity index (χ2n) is 6.02. The average Bonchev–Trinajstić information content (AvgIpc) is 2.88. The molecule has 6 heteroatoms. The summed E-state index contributed by atoms with van der Waals surface area (Å²) in [6, 6.07) is 0. The molecule has 20 heavy (non-hydrogen) atoms. The van der Waals surface area contributed by atoms with Crippen LogP contribution in [0.25, 0.3) is 0 Å². The Morgan fingerprint density at radius 1 is 1.50 bits per heavy atom. The van der Waals surface area contributed by atoms with Gasteiger partial charge in [0.1, 0.15) is 9.94 Å². The molecule has 0 spiro atoms. The predicted octanol–water partition coefficient (Wildman–Crippen LogP) is 3.88. The Morgan fingerprint density at radius 3 is 2.75 bits per heavy atom. The van der Waals surface area contributed by atoms with E-state index in [-0.39, 0.29) is 6.09 Å². The van der Waals surface area contributed by atoms with Crippen molar-refractivity contribution in [3.63, 3.8) is 0 Å². The molecule has 0 radical (unpaired) electrons. The molecule has 1 amide bonds. The number of hydrogen-bond acceptors (Lipinski definition) is 5. The van der Waals surface area contributed by atoms with Gasteiger partial charge in [-0.05, 0) is 39.5 Å². The second kappa shape index (κ2) is 6.80. The zero-order valence-electron chi connectivity index (χ0n) is 12.3. The summed E-state index contributed by atoms with van der Waals surface area (Å²) in [4.78, 5) is 18.1. The molecular weight excluding hydrogens is 292 g/mol. The van der Waals surface area contributed by atoms with Crippen LogP contribution in [0.2, 0.25) is 0 Å². The number of piperidine rings is 1. The third-order valence-electron chi connectivity index (χ3n) is 3.12. The molecule has 0 saturated carbocycles.